The van der Waals surface area contributed by atoms with Crippen molar-refractivity contribution in [2.45, 2.75) is 65.2 Å². The van der Waals surface area contributed by atoms with Gasteiger partial charge in [0.05, 0.1) is 13.2 Å². The third-order valence-corrected chi connectivity index (χ3v) is 8.48. The summed E-state index contributed by atoms with van der Waals surface area (Å²) in [6, 6.07) is 22.8. The SMILES string of the molecule is CCCCOC(=O)COc1c2cccc1Cc1cccc(c1O)Cc1cccc(c1OCC(=O)OCCCC)Cc1cccc(c1O)C2. The first kappa shape index (κ1) is 34.4. The lowest BCUT2D eigenvalue weighted by atomic mass is 9.91. The van der Waals surface area contributed by atoms with Gasteiger partial charge in [0.15, 0.2) is 13.2 Å². The molecule has 1 aliphatic rings. The summed E-state index contributed by atoms with van der Waals surface area (Å²) in [7, 11) is 0. The molecule has 0 fully saturated rings. The first-order valence-electron chi connectivity index (χ1n) is 16.8. The van der Waals surface area contributed by atoms with Crippen LogP contribution in [0.4, 0.5) is 0 Å². The Morgan fingerprint density at radius 2 is 0.812 bits per heavy atom. The fourth-order valence-electron chi connectivity index (χ4n) is 5.89. The maximum absolute atomic E-state index is 12.5. The summed E-state index contributed by atoms with van der Waals surface area (Å²) >= 11 is 0. The molecule has 0 aliphatic heterocycles. The molecule has 8 nitrogen and oxygen atoms in total. The minimum atomic E-state index is -0.450. The predicted molar refractivity (Wildman–Crippen MR) is 183 cm³/mol. The zero-order chi connectivity index (χ0) is 33.9. The molecular weight excluding hydrogens is 608 g/mol. The maximum atomic E-state index is 12.5. The highest BCUT2D eigenvalue weighted by Gasteiger charge is 2.21. The number of hydrogen-bond donors (Lipinski definition) is 2. The zero-order valence-electron chi connectivity index (χ0n) is 27.8. The van der Waals surface area contributed by atoms with Gasteiger partial charge in [-0.15, -0.1) is 0 Å². The van der Waals surface area contributed by atoms with Crippen LogP contribution in [-0.2, 0) is 44.7 Å². The van der Waals surface area contributed by atoms with Gasteiger partial charge in [0.1, 0.15) is 23.0 Å². The van der Waals surface area contributed by atoms with Gasteiger partial charge in [0, 0.05) is 25.7 Å². The number of phenolic OH excluding ortho intramolecular Hbond substituents is 2. The van der Waals surface area contributed by atoms with E-state index in [9.17, 15) is 19.8 Å². The molecule has 8 bridgehead atoms. The van der Waals surface area contributed by atoms with Crippen LogP contribution in [0.25, 0.3) is 0 Å². The number of para-hydroxylation sites is 4. The van der Waals surface area contributed by atoms with Crippen LogP contribution in [0.1, 0.15) is 84.0 Å². The number of fused-ring (bicyclic) bond motifs is 8. The van der Waals surface area contributed by atoms with Gasteiger partial charge in [-0.05, 0) is 57.3 Å². The van der Waals surface area contributed by atoms with Crippen molar-refractivity contribution in [3.05, 3.63) is 117 Å². The number of carbonyl (C=O) groups excluding carboxylic acids is 2. The van der Waals surface area contributed by atoms with Crippen LogP contribution in [0.2, 0.25) is 0 Å². The van der Waals surface area contributed by atoms with Gasteiger partial charge in [0.2, 0.25) is 0 Å². The molecule has 252 valence electrons. The third kappa shape index (κ3) is 8.68. The Balaban J connectivity index is 1.55. The van der Waals surface area contributed by atoms with E-state index < -0.39 is 11.9 Å². The van der Waals surface area contributed by atoms with Crippen LogP contribution in [0.3, 0.4) is 0 Å². The number of aromatic hydroxyl groups is 2. The Hall–Kier alpha value is -4.98. The van der Waals surface area contributed by atoms with Crippen molar-refractivity contribution in [2.24, 2.45) is 0 Å². The van der Waals surface area contributed by atoms with Crippen LogP contribution >= 0.6 is 0 Å². The number of rotatable bonds is 12. The molecule has 1 aliphatic carbocycles. The Kier molecular flexibility index (Phi) is 12.0. The van der Waals surface area contributed by atoms with Crippen molar-refractivity contribution in [1.29, 1.82) is 0 Å². The second kappa shape index (κ2) is 16.7. The molecule has 0 saturated carbocycles. The Morgan fingerprint density at radius 1 is 0.521 bits per heavy atom. The van der Waals surface area contributed by atoms with Gasteiger partial charge in [0.25, 0.3) is 0 Å². The third-order valence-electron chi connectivity index (χ3n) is 8.48. The number of carbonyl (C=O) groups is 2. The summed E-state index contributed by atoms with van der Waals surface area (Å²) in [5.41, 5.74) is 5.91. The second-order valence-corrected chi connectivity index (χ2v) is 12.1. The van der Waals surface area contributed by atoms with E-state index in [0.717, 1.165) is 47.9 Å². The Labute approximate surface area is 282 Å². The number of unbranched alkanes of at least 4 members (excludes halogenated alkanes) is 2. The Bertz CT molecular complexity index is 1510. The van der Waals surface area contributed by atoms with Crippen molar-refractivity contribution in [2.75, 3.05) is 26.4 Å². The highest BCUT2D eigenvalue weighted by atomic mass is 16.6. The number of benzene rings is 4. The molecule has 0 heterocycles. The number of phenols is 2. The summed E-state index contributed by atoms with van der Waals surface area (Å²) in [6.45, 7) is 4.23. The summed E-state index contributed by atoms with van der Waals surface area (Å²) in [5, 5.41) is 23.1. The van der Waals surface area contributed by atoms with E-state index in [0.29, 0.717) is 72.6 Å². The van der Waals surface area contributed by atoms with Crippen molar-refractivity contribution in [3.63, 3.8) is 0 Å². The normalized spacial score (nSPS) is 12.2. The van der Waals surface area contributed by atoms with Gasteiger partial charge in [-0.3, -0.25) is 0 Å². The zero-order valence-corrected chi connectivity index (χ0v) is 27.8. The summed E-state index contributed by atoms with van der Waals surface area (Å²) in [5.74, 6) is 0.455. The van der Waals surface area contributed by atoms with Gasteiger partial charge >= 0.3 is 11.9 Å². The maximum Gasteiger partial charge on any atom is 0.344 e. The first-order chi connectivity index (χ1) is 23.4. The lowest BCUT2D eigenvalue weighted by Crippen LogP contribution is -2.17. The van der Waals surface area contributed by atoms with Crippen LogP contribution in [-0.4, -0.2) is 48.6 Å². The average Bonchev–Trinajstić information content (AvgIpc) is 3.07. The minimum absolute atomic E-state index is 0.151. The van der Waals surface area contributed by atoms with E-state index in [-0.39, 0.29) is 24.7 Å². The van der Waals surface area contributed by atoms with Crippen molar-refractivity contribution < 1.29 is 38.7 Å². The van der Waals surface area contributed by atoms with E-state index in [1.54, 1.807) is 0 Å². The highest BCUT2D eigenvalue weighted by molar-refractivity contribution is 5.72. The molecule has 0 spiro atoms. The lowest BCUT2D eigenvalue weighted by Gasteiger charge is -2.20. The number of esters is 2. The molecule has 0 aromatic heterocycles. The van der Waals surface area contributed by atoms with Crippen LogP contribution < -0.4 is 9.47 Å². The summed E-state index contributed by atoms with van der Waals surface area (Å²) in [4.78, 5) is 25.1. The molecule has 4 aromatic carbocycles. The van der Waals surface area contributed by atoms with Crippen molar-refractivity contribution in [1.82, 2.24) is 0 Å². The van der Waals surface area contributed by atoms with Crippen molar-refractivity contribution >= 4 is 11.9 Å². The molecular formula is C40H44O8. The topological polar surface area (TPSA) is 112 Å². The van der Waals surface area contributed by atoms with Crippen LogP contribution in [0, 0.1) is 0 Å². The van der Waals surface area contributed by atoms with E-state index in [4.69, 9.17) is 18.9 Å². The number of hydrogen-bond acceptors (Lipinski definition) is 8. The van der Waals surface area contributed by atoms with E-state index in [2.05, 4.69) is 0 Å². The fraction of sp³-hybridized carbons (Fsp3) is 0.350. The Morgan fingerprint density at radius 3 is 1.10 bits per heavy atom. The predicted octanol–water partition coefficient (Wildman–Crippen LogP) is 7.22. The molecule has 2 N–H and O–H groups in total. The molecule has 0 radical (unpaired) electrons. The molecule has 0 amide bonds. The standard InChI is InChI=1S/C40H44O8/c1-3-5-19-45-35(41)25-47-39-31-15-9-16-32(39)22-28-12-8-14-30(38(28)44)24-34-18-10-17-33(23-29-13-7-11-27(21-31)37(29)43)40(34)48-26-36(42)46-20-6-4-2/h7-18,43-44H,3-6,19-26H2,1-2H3. The molecule has 5 rings (SSSR count). The molecule has 4 aromatic rings. The fourth-order valence-corrected chi connectivity index (χ4v) is 5.89. The van der Waals surface area contributed by atoms with Crippen LogP contribution in [0.15, 0.2) is 72.8 Å². The van der Waals surface area contributed by atoms with Crippen LogP contribution in [0.5, 0.6) is 23.0 Å². The first-order valence-corrected chi connectivity index (χ1v) is 16.8. The van der Waals surface area contributed by atoms with Gasteiger partial charge in [-0.1, -0.05) is 99.5 Å². The average molecular weight is 653 g/mol. The molecule has 48 heavy (non-hydrogen) atoms. The molecule has 0 unspecified atom stereocenters. The minimum Gasteiger partial charge on any atom is -0.507 e. The highest BCUT2D eigenvalue weighted by Crippen LogP contribution is 2.38. The van der Waals surface area contributed by atoms with E-state index >= 15 is 0 Å². The monoisotopic (exact) mass is 652 g/mol. The number of ether oxygens (including phenoxy) is 4. The summed E-state index contributed by atoms with van der Waals surface area (Å²) in [6.07, 6.45) is 4.75. The molecule has 0 saturated heterocycles. The van der Waals surface area contributed by atoms with Gasteiger partial charge < -0.3 is 29.2 Å². The largest absolute Gasteiger partial charge is 0.507 e. The lowest BCUT2D eigenvalue weighted by molar-refractivity contribution is -0.147. The molecule has 8 heteroatoms. The quantitative estimate of drug-likeness (QED) is 0.107. The summed E-state index contributed by atoms with van der Waals surface area (Å²) < 4.78 is 23.0. The smallest absolute Gasteiger partial charge is 0.344 e. The second-order valence-electron chi connectivity index (χ2n) is 12.1. The molecule has 0 atom stereocenters. The van der Waals surface area contributed by atoms with E-state index in [1.165, 1.54) is 0 Å². The van der Waals surface area contributed by atoms with Crippen molar-refractivity contribution in [3.8, 4) is 23.0 Å². The van der Waals surface area contributed by atoms with Gasteiger partial charge in [-0.2, -0.15) is 0 Å². The van der Waals surface area contributed by atoms with Gasteiger partial charge in [-0.25, -0.2) is 9.59 Å². The van der Waals surface area contributed by atoms with E-state index in [1.807, 2.05) is 86.6 Å².